The minimum Gasteiger partial charge on any atom is -0.450 e. The molecular weight excluding hydrogens is 571 g/mol. The van der Waals surface area contributed by atoms with Crippen LogP contribution in [0.1, 0.15) is 85.2 Å². The van der Waals surface area contributed by atoms with Crippen molar-refractivity contribution in [3.8, 4) is 11.3 Å². The van der Waals surface area contributed by atoms with E-state index in [-0.39, 0.29) is 23.8 Å². The van der Waals surface area contributed by atoms with Crippen LogP contribution in [0.5, 0.6) is 0 Å². The molecule has 0 bridgehead atoms. The van der Waals surface area contributed by atoms with Crippen LogP contribution in [0, 0.1) is 5.82 Å². The number of halogens is 1. The molecule has 3 aliphatic rings. The molecule has 4 aromatic rings. The van der Waals surface area contributed by atoms with E-state index >= 15 is 4.39 Å². The first-order valence-corrected chi connectivity index (χ1v) is 16.2. The van der Waals surface area contributed by atoms with Crippen LogP contribution in [-0.2, 0) is 11.2 Å². The fourth-order valence-electron chi connectivity index (χ4n) is 6.64. The molecule has 2 fully saturated rings. The molecule has 2 atom stereocenters. The number of rotatable bonds is 8. The molecule has 9 nitrogen and oxygen atoms in total. The van der Waals surface area contributed by atoms with Gasteiger partial charge in [0.25, 0.3) is 5.91 Å². The Morgan fingerprint density at radius 2 is 1.91 bits per heavy atom. The van der Waals surface area contributed by atoms with Gasteiger partial charge < -0.3 is 19.9 Å². The van der Waals surface area contributed by atoms with Crippen molar-refractivity contribution in [1.29, 1.82) is 0 Å². The fourth-order valence-corrected chi connectivity index (χ4v) is 6.64. The van der Waals surface area contributed by atoms with Gasteiger partial charge in [-0.15, -0.1) is 0 Å². The lowest BCUT2D eigenvalue weighted by molar-refractivity contribution is 0.0671. The Hall–Kier alpha value is -4.47. The van der Waals surface area contributed by atoms with Gasteiger partial charge in [-0.2, -0.15) is 5.10 Å². The topological polar surface area (TPSA) is 92.1 Å². The van der Waals surface area contributed by atoms with Gasteiger partial charge in [0.1, 0.15) is 11.5 Å². The molecule has 1 aliphatic carbocycles. The highest BCUT2D eigenvalue weighted by Gasteiger charge is 2.33. The zero-order valence-electron chi connectivity index (χ0n) is 25.8. The van der Waals surface area contributed by atoms with Crippen molar-refractivity contribution in [2.75, 3.05) is 31.1 Å². The number of carbonyl (C=O) groups excluding carboxylic acids is 2. The second kappa shape index (κ2) is 12.1. The largest absolute Gasteiger partial charge is 0.450 e. The first-order chi connectivity index (χ1) is 21.9. The van der Waals surface area contributed by atoms with Crippen LogP contribution in [0.15, 0.2) is 54.6 Å². The predicted molar refractivity (Wildman–Crippen MR) is 170 cm³/mol. The minimum atomic E-state index is -0.400. The van der Waals surface area contributed by atoms with Crippen molar-refractivity contribution < 1.29 is 18.7 Å². The number of nitrogens with zero attached hydrogens (tertiary/aromatic N) is 5. The van der Waals surface area contributed by atoms with Crippen LogP contribution >= 0.6 is 0 Å². The minimum absolute atomic E-state index is 0.0424. The summed E-state index contributed by atoms with van der Waals surface area (Å²) in [6.45, 7) is 6.47. The average Bonchev–Trinajstić information content (AvgIpc) is 3.63. The van der Waals surface area contributed by atoms with E-state index in [4.69, 9.17) is 14.8 Å². The molecule has 4 heterocycles. The van der Waals surface area contributed by atoms with Crippen LogP contribution in [-0.4, -0.2) is 63.8 Å². The highest BCUT2D eigenvalue weighted by molar-refractivity contribution is 5.93. The molecule has 2 aromatic carbocycles. The number of hydrogen-bond acceptors (Lipinski definition) is 6. The zero-order valence-corrected chi connectivity index (χ0v) is 25.8. The van der Waals surface area contributed by atoms with Crippen molar-refractivity contribution in [1.82, 2.24) is 24.8 Å². The third-order valence-corrected chi connectivity index (χ3v) is 9.36. The Labute approximate surface area is 262 Å². The molecule has 0 radical (unpaired) electrons. The summed E-state index contributed by atoms with van der Waals surface area (Å²) < 4.78 is 22.6. The molecule has 234 valence electrons. The van der Waals surface area contributed by atoms with E-state index in [2.05, 4.69) is 29.3 Å². The van der Waals surface area contributed by atoms with Gasteiger partial charge in [0, 0.05) is 48.6 Å². The number of alkyl carbamates (subject to hydrolysis) is 1. The number of nitrogens with one attached hydrogen (secondary N) is 1. The van der Waals surface area contributed by atoms with Gasteiger partial charge in [0.15, 0.2) is 5.65 Å². The van der Waals surface area contributed by atoms with E-state index in [1.165, 1.54) is 17.2 Å². The lowest BCUT2D eigenvalue weighted by Crippen LogP contribution is -2.39. The molecule has 10 heteroatoms. The van der Waals surface area contributed by atoms with E-state index in [0.717, 1.165) is 49.9 Å². The molecule has 0 unspecified atom stereocenters. The summed E-state index contributed by atoms with van der Waals surface area (Å²) in [6.07, 6.45) is 5.04. The first kappa shape index (κ1) is 29.3. The number of carbonyl (C=O) groups is 2. The van der Waals surface area contributed by atoms with Gasteiger partial charge in [-0.1, -0.05) is 37.6 Å². The zero-order chi connectivity index (χ0) is 31.1. The Balaban J connectivity index is 1.10. The van der Waals surface area contributed by atoms with E-state index < -0.39 is 6.09 Å². The third-order valence-electron chi connectivity index (χ3n) is 9.36. The molecule has 2 aromatic heterocycles. The quantitative estimate of drug-likeness (QED) is 0.236. The molecule has 0 spiro atoms. The lowest BCUT2D eigenvalue weighted by Gasteiger charge is -2.35. The number of amides is 2. The number of hydrogen-bond donors (Lipinski definition) is 1. The second-order valence-corrected chi connectivity index (χ2v) is 12.5. The summed E-state index contributed by atoms with van der Waals surface area (Å²) in [5.74, 6) is -0.161. The van der Waals surface area contributed by atoms with Crippen LogP contribution < -0.4 is 10.2 Å². The molecule has 7 rings (SSSR count). The molecular formula is C35H39FN6O3. The number of unbranched alkanes of at least 4 members (excludes halogenated alkanes) is 1. The third kappa shape index (κ3) is 5.85. The number of fused-ring (bicyclic) bond motifs is 2. The lowest BCUT2D eigenvalue weighted by atomic mass is 9.93. The summed E-state index contributed by atoms with van der Waals surface area (Å²) in [4.78, 5) is 34.6. The second-order valence-electron chi connectivity index (χ2n) is 12.5. The predicted octanol–water partition coefficient (Wildman–Crippen LogP) is 6.28. The Morgan fingerprint density at radius 1 is 1.07 bits per heavy atom. The molecule has 2 aliphatic heterocycles. The first-order valence-electron chi connectivity index (χ1n) is 16.2. The molecule has 1 saturated heterocycles. The van der Waals surface area contributed by atoms with Crippen molar-refractivity contribution >= 4 is 23.3 Å². The van der Waals surface area contributed by atoms with Crippen molar-refractivity contribution in [2.24, 2.45) is 0 Å². The maximum absolute atomic E-state index is 15.6. The van der Waals surface area contributed by atoms with E-state index in [1.807, 2.05) is 36.1 Å². The number of ether oxygens (including phenoxy) is 1. The van der Waals surface area contributed by atoms with Crippen molar-refractivity contribution in [2.45, 2.75) is 70.4 Å². The Bertz CT molecular complexity index is 1750. The maximum atomic E-state index is 15.6. The highest BCUT2D eigenvalue weighted by Crippen LogP contribution is 2.41. The number of anilines is 1. The number of aromatic nitrogens is 3. The van der Waals surface area contributed by atoms with Gasteiger partial charge in [0.05, 0.1) is 24.4 Å². The fraction of sp³-hybridized carbons (Fsp3) is 0.429. The summed E-state index contributed by atoms with van der Waals surface area (Å²) >= 11 is 0. The van der Waals surface area contributed by atoms with Crippen LogP contribution in [0.3, 0.4) is 0 Å². The summed E-state index contributed by atoms with van der Waals surface area (Å²) in [5.41, 5.74) is 5.98. The SMILES string of the molecule is CCCCOC(=O)N[C@H]1CCN(c2ccc(-c3cc4nc(C(=O)N5CCc6ccccc6[C@H]5C)cc(C5CC5)n4n3)c(F)c2)C1. The summed E-state index contributed by atoms with van der Waals surface area (Å²) in [7, 11) is 0. The van der Waals surface area contributed by atoms with Crippen molar-refractivity contribution in [3.63, 3.8) is 0 Å². The van der Waals surface area contributed by atoms with E-state index in [0.29, 0.717) is 54.8 Å². The maximum Gasteiger partial charge on any atom is 0.407 e. The van der Waals surface area contributed by atoms with E-state index in [9.17, 15) is 9.59 Å². The standard InChI is InChI=1S/C35H39FN6O3/c1-3-4-17-45-35(44)37-25-14-15-40(21-25)26-11-12-28(29(36)18-26)30-20-33-38-31(19-32(24-9-10-24)42(33)39-30)34(43)41-16-13-23-7-5-6-8-27(23)22(41)2/h5-8,11-12,18-20,22,24-25H,3-4,9-10,13-17,21H2,1-2H3,(H,37,44)/t22-,25+/m1/s1. The summed E-state index contributed by atoms with van der Waals surface area (Å²) in [6, 6.07) is 17.0. The van der Waals surface area contributed by atoms with Gasteiger partial charge in [-0.3, -0.25) is 4.79 Å². The van der Waals surface area contributed by atoms with E-state index in [1.54, 1.807) is 16.6 Å². The normalized spacial score (nSPS) is 19.5. The summed E-state index contributed by atoms with van der Waals surface area (Å²) in [5, 5.41) is 7.70. The molecule has 1 N–H and O–H groups in total. The van der Waals surface area contributed by atoms with Gasteiger partial charge >= 0.3 is 6.09 Å². The van der Waals surface area contributed by atoms with Crippen LogP contribution in [0.25, 0.3) is 16.9 Å². The smallest absolute Gasteiger partial charge is 0.407 e. The van der Waals surface area contributed by atoms with Crippen molar-refractivity contribution in [3.05, 3.63) is 82.9 Å². The molecule has 45 heavy (non-hydrogen) atoms. The van der Waals surface area contributed by atoms with Crippen LogP contribution in [0.4, 0.5) is 14.9 Å². The van der Waals surface area contributed by atoms with Gasteiger partial charge in [0.2, 0.25) is 0 Å². The monoisotopic (exact) mass is 610 g/mol. The average molecular weight is 611 g/mol. The molecule has 2 amide bonds. The Morgan fingerprint density at radius 3 is 2.71 bits per heavy atom. The highest BCUT2D eigenvalue weighted by atomic mass is 19.1. The molecule has 1 saturated carbocycles. The van der Waals surface area contributed by atoms with Gasteiger partial charge in [-0.25, -0.2) is 18.7 Å². The Kier molecular flexibility index (Phi) is 7.89. The van der Waals surface area contributed by atoms with Gasteiger partial charge in [-0.05, 0) is 74.4 Å². The van der Waals surface area contributed by atoms with Crippen LogP contribution in [0.2, 0.25) is 0 Å². The number of benzene rings is 2.